The molecule has 0 heterocycles. The van der Waals surface area contributed by atoms with Gasteiger partial charge in [-0.1, -0.05) is 36.8 Å². The van der Waals surface area contributed by atoms with Gasteiger partial charge in [0, 0.05) is 19.1 Å². The lowest BCUT2D eigenvalue weighted by Crippen LogP contribution is -2.41. The van der Waals surface area contributed by atoms with Gasteiger partial charge in [0.2, 0.25) is 0 Å². The quantitative estimate of drug-likeness (QED) is 0.793. The van der Waals surface area contributed by atoms with Crippen molar-refractivity contribution in [2.75, 3.05) is 13.2 Å². The van der Waals surface area contributed by atoms with Gasteiger partial charge in [-0.05, 0) is 46.6 Å². The second-order valence-corrected chi connectivity index (χ2v) is 7.25. The highest BCUT2D eigenvalue weighted by Gasteiger charge is 2.19. The minimum Gasteiger partial charge on any atom is -0.389 e. The Bertz CT molecular complexity index is 439. The smallest absolute Gasteiger partial charge is 0.0900 e. The summed E-state index contributed by atoms with van der Waals surface area (Å²) in [5.74, 6) is 0. The normalized spacial score (nSPS) is 15.1. The Morgan fingerprint density at radius 3 is 2.50 bits per heavy atom. The Labute approximate surface area is 136 Å². The predicted octanol–water partition coefficient (Wildman–Crippen LogP) is 3.77. The second kappa shape index (κ2) is 8.66. The molecule has 126 valence electrons. The van der Waals surface area contributed by atoms with Gasteiger partial charge in [-0.15, -0.1) is 0 Å². The lowest BCUT2D eigenvalue weighted by atomic mass is 10.1. The fourth-order valence-electron chi connectivity index (χ4n) is 2.37. The summed E-state index contributed by atoms with van der Waals surface area (Å²) in [5, 5.41) is 10.3. The van der Waals surface area contributed by atoms with E-state index in [4.69, 9.17) is 4.74 Å². The zero-order valence-electron chi connectivity index (χ0n) is 15.1. The van der Waals surface area contributed by atoms with Crippen LogP contribution in [0.25, 0.3) is 0 Å². The third-order valence-electron chi connectivity index (χ3n) is 3.84. The van der Waals surface area contributed by atoms with Crippen LogP contribution >= 0.6 is 0 Å². The van der Waals surface area contributed by atoms with E-state index in [1.54, 1.807) is 0 Å². The van der Waals surface area contributed by atoms with Crippen LogP contribution in [-0.4, -0.2) is 40.9 Å². The van der Waals surface area contributed by atoms with Crippen LogP contribution in [0.1, 0.15) is 52.2 Å². The van der Waals surface area contributed by atoms with E-state index in [9.17, 15) is 5.11 Å². The molecule has 0 amide bonds. The van der Waals surface area contributed by atoms with E-state index in [1.807, 2.05) is 20.8 Å². The summed E-state index contributed by atoms with van der Waals surface area (Å²) in [7, 11) is 0. The van der Waals surface area contributed by atoms with Gasteiger partial charge in [0.05, 0.1) is 18.3 Å². The van der Waals surface area contributed by atoms with Gasteiger partial charge in [0.15, 0.2) is 0 Å². The molecule has 0 aliphatic rings. The van der Waals surface area contributed by atoms with E-state index in [2.05, 4.69) is 49.9 Å². The minimum atomic E-state index is -0.460. The van der Waals surface area contributed by atoms with Crippen LogP contribution in [0, 0.1) is 6.92 Å². The number of hydrogen-bond donors (Lipinski definition) is 1. The van der Waals surface area contributed by atoms with Crippen molar-refractivity contribution in [1.82, 2.24) is 4.90 Å². The van der Waals surface area contributed by atoms with E-state index in [0.717, 1.165) is 13.0 Å². The molecule has 0 unspecified atom stereocenters. The Morgan fingerprint density at radius 1 is 1.27 bits per heavy atom. The second-order valence-electron chi connectivity index (χ2n) is 7.25. The molecule has 3 heteroatoms. The Hall–Kier alpha value is -0.900. The predicted molar refractivity (Wildman–Crippen MR) is 93.1 cm³/mol. The van der Waals surface area contributed by atoms with E-state index >= 15 is 0 Å². The van der Waals surface area contributed by atoms with Crippen molar-refractivity contribution >= 4 is 0 Å². The van der Waals surface area contributed by atoms with Crippen molar-refractivity contribution in [3.63, 3.8) is 0 Å². The Morgan fingerprint density at radius 2 is 1.95 bits per heavy atom. The monoisotopic (exact) mass is 307 g/mol. The number of aliphatic hydroxyl groups is 1. The van der Waals surface area contributed by atoms with Gasteiger partial charge in [-0.3, -0.25) is 4.90 Å². The van der Waals surface area contributed by atoms with Gasteiger partial charge in [-0.2, -0.15) is 0 Å². The number of rotatable bonds is 8. The maximum atomic E-state index is 10.3. The van der Waals surface area contributed by atoms with Gasteiger partial charge < -0.3 is 9.84 Å². The standard InChI is InChI=1S/C19H33NO2/c1-7-16(3)20(12-17-10-8-9-15(2)11-17)13-18(21)14-22-19(4,5)6/h8-11,16,18,21H,7,12-14H2,1-6H3/t16-,18-/m0/s1. The number of hydrogen-bond acceptors (Lipinski definition) is 3. The molecule has 1 aromatic rings. The average Bonchev–Trinajstić information content (AvgIpc) is 2.43. The first kappa shape index (κ1) is 19.1. The molecule has 0 radical (unpaired) electrons. The molecule has 1 rings (SSSR count). The van der Waals surface area contributed by atoms with Gasteiger partial charge in [-0.25, -0.2) is 0 Å². The van der Waals surface area contributed by atoms with Crippen molar-refractivity contribution in [1.29, 1.82) is 0 Å². The summed E-state index contributed by atoms with van der Waals surface area (Å²) < 4.78 is 5.70. The summed E-state index contributed by atoms with van der Waals surface area (Å²) in [6, 6.07) is 9.01. The van der Waals surface area contributed by atoms with Crippen molar-refractivity contribution in [3.8, 4) is 0 Å². The lowest BCUT2D eigenvalue weighted by Gasteiger charge is -2.31. The third kappa shape index (κ3) is 7.39. The van der Waals surface area contributed by atoms with Gasteiger partial charge >= 0.3 is 0 Å². The zero-order valence-corrected chi connectivity index (χ0v) is 15.1. The highest BCUT2D eigenvalue weighted by Crippen LogP contribution is 2.14. The van der Waals surface area contributed by atoms with Crippen molar-refractivity contribution in [2.24, 2.45) is 0 Å². The molecule has 1 N–H and O–H groups in total. The first-order valence-corrected chi connectivity index (χ1v) is 8.33. The van der Waals surface area contributed by atoms with Crippen molar-refractivity contribution in [3.05, 3.63) is 35.4 Å². The summed E-state index contributed by atoms with van der Waals surface area (Å²) in [4.78, 5) is 2.34. The third-order valence-corrected chi connectivity index (χ3v) is 3.84. The maximum absolute atomic E-state index is 10.3. The molecule has 0 fully saturated rings. The molecular formula is C19H33NO2. The van der Waals surface area contributed by atoms with E-state index < -0.39 is 6.10 Å². The lowest BCUT2D eigenvalue weighted by molar-refractivity contribution is -0.0593. The van der Waals surface area contributed by atoms with Crippen LogP contribution in [0.15, 0.2) is 24.3 Å². The summed E-state index contributed by atoms with van der Waals surface area (Å²) in [5.41, 5.74) is 2.36. The van der Waals surface area contributed by atoms with Crippen LogP contribution < -0.4 is 0 Å². The summed E-state index contributed by atoms with van der Waals surface area (Å²) in [6.45, 7) is 14.4. The molecule has 0 bridgehead atoms. The van der Waals surface area contributed by atoms with Gasteiger partial charge in [0.25, 0.3) is 0 Å². The number of aryl methyl sites for hydroxylation is 1. The number of nitrogens with zero attached hydrogens (tertiary/aromatic N) is 1. The largest absolute Gasteiger partial charge is 0.389 e. The molecule has 2 atom stereocenters. The molecular weight excluding hydrogens is 274 g/mol. The molecule has 0 spiro atoms. The fourth-order valence-corrected chi connectivity index (χ4v) is 2.37. The number of aliphatic hydroxyl groups excluding tert-OH is 1. The number of ether oxygens (including phenoxy) is 1. The SMILES string of the molecule is CC[C@H](C)N(Cc1cccc(C)c1)C[C@H](O)COC(C)(C)C. The van der Waals surface area contributed by atoms with E-state index in [0.29, 0.717) is 19.2 Å². The molecule has 0 saturated carbocycles. The Balaban J connectivity index is 2.64. The maximum Gasteiger partial charge on any atom is 0.0900 e. The van der Waals surface area contributed by atoms with Crippen molar-refractivity contribution in [2.45, 2.75) is 72.3 Å². The van der Waals surface area contributed by atoms with Crippen LogP contribution in [0.4, 0.5) is 0 Å². The highest BCUT2D eigenvalue weighted by molar-refractivity contribution is 5.22. The van der Waals surface area contributed by atoms with E-state index in [1.165, 1.54) is 11.1 Å². The molecule has 0 saturated heterocycles. The molecule has 1 aromatic carbocycles. The van der Waals surface area contributed by atoms with Gasteiger partial charge in [0.1, 0.15) is 0 Å². The van der Waals surface area contributed by atoms with E-state index in [-0.39, 0.29) is 5.60 Å². The van der Waals surface area contributed by atoms with Crippen LogP contribution in [-0.2, 0) is 11.3 Å². The van der Waals surface area contributed by atoms with Crippen LogP contribution in [0.5, 0.6) is 0 Å². The van der Waals surface area contributed by atoms with Crippen LogP contribution in [0.2, 0.25) is 0 Å². The minimum absolute atomic E-state index is 0.210. The molecule has 0 aliphatic carbocycles. The topological polar surface area (TPSA) is 32.7 Å². The first-order chi connectivity index (χ1) is 10.2. The van der Waals surface area contributed by atoms with Crippen LogP contribution in [0.3, 0.4) is 0 Å². The molecule has 3 nitrogen and oxygen atoms in total. The fraction of sp³-hybridized carbons (Fsp3) is 0.684. The highest BCUT2D eigenvalue weighted by atomic mass is 16.5. The van der Waals surface area contributed by atoms with Crippen molar-refractivity contribution < 1.29 is 9.84 Å². The Kier molecular flexibility index (Phi) is 7.54. The molecule has 0 aliphatic heterocycles. The molecule has 0 aromatic heterocycles. The average molecular weight is 307 g/mol. The number of benzene rings is 1. The summed E-state index contributed by atoms with van der Waals surface area (Å²) >= 11 is 0. The first-order valence-electron chi connectivity index (χ1n) is 8.33. The molecule has 22 heavy (non-hydrogen) atoms. The summed E-state index contributed by atoms with van der Waals surface area (Å²) in [6.07, 6.45) is 0.608. The zero-order chi connectivity index (χ0) is 16.8.